The van der Waals surface area contributed by atoms with E-state index in [-0.39, 0.29) is 5.91 Å². The summed E-state index contributed by atoms with van der Waals surface area (Å²) in [6, 6.07) is 7.57. The maximum atomic E-state index is 12.1. The van der Waals surface area contributed by atoms with Gasteiger partial charge in [-0.1, -0.05) is 12.1 Å². The first-order chi connectivity index (χ1) is 10.2. The molecule has 1 amide bonds. The Kier molecular flexibility index (Phi) is 9.25. The van der Waals surface area contributed by atoms with Crippen LogP contribution in [0, 0.1) is 0 Å². The molecule has 1 rings (SSSR count). The van der Waals surface area contributed by atoms with Crippen molar-refractivity contribution in [1.29, 1.82) is 0 Å². The molecule has 0 radical (unpaired) electrons. The lowest BCUT2D eigenvalue weighted by Gasteiger charge is -2.21. The van der Waals surface area contributed by atoms with Crippen LogP contribution in [0.5, 0.6) is 0 Å². The highest BCUT2D eigenvalue weighted by Gasteiger charge is 2.11. The van der Waals surface area contributed by atoms with Crippen LogP contribution < -0.4 is 5.32 Å². The molecule has 118 valence electrons. The predicted octanol–water partition coefficient (Wildman–Crippen LogP) is 2.37. The van der Waals surface area contributed by atoms with Crippen LogP contribution in [0.2, 0.25) is 0 Å². The second kappa shape index (κ2) is 10.7. The highest BCUT2D eigenvalue weighted by molar-refractivity contribution is 9.10. The Morgan fingerprint density at radius 2 is 1.90 bits per heavy atom. The van der Waals surface area contributed by atoms with E-state index < -0.39 is 0 Å². The molecule has 0 saturated carbocycles. The molecule has 0 atom stereocenters. The van der Waals surface area contributed by atoms with E-state index >= 15 is 0 Å². The smallest absolute Gasteiger partial charge is 0.238 e. The summed E-state index contributed by atoms with van der Waals surface area (Å²) in [6.07, 6.45) is 0.891. The van der Waals surface area contributed by atoms with Gasteiger partial charge in [-0.3, -0.25) is 9.69 Å². The lowest BCUT2D eigenvalue weighted by atomic mass is 10.3. The number of halogens is 1. The molecule has 1 aromatic rings. The monoisotopic (exact) mass is 358 g/mol. The van der Waals surface area contributed by atoms with Crippen LogP contribution in [-0.4, -0.2) is 57.9 Å². The maximum Gasteiger partial charge on any atom is 0.238 e. The normalized spacial score (nSPS) is 10.9. The summed E-state index contributed by atoms with van der Waals surface area (Å²) in [5, 5.41) is 2.91. The Morgan fingerprint density at radius 1 is 1.19 bits per heavy atom. The molecule has 0 spiro atoms. The van der Waals surface area contributed by atoms with Crippen LogP contribution in [0.1, 0.15) is 6.42 Å². The molecule has 6 heteroatoms. The third-order valence-electron chi connectivity index (χ3n) is 2.95. The maximum absolute atomic E-state index is 12.1. The van der Waals surface area contributed by atoms with Crippen molar-refractivity contribution < 1.29 is 14.3 Å². The average molecular weight is 359 g/mol. The van der Waals surface area contributed by atoms with Crippen molar-refractivity contribution in [1.82, 2.24) is 4.90 Å². The summed E-state index contributed by atoms with van der Waals surface area (Å²) in [5.41, 5.74) is 0.783. The molecular weight excluding hydrogens is 336 g/mol. The zero-order chi connectivity index (χ0) is 15.5. The number of nitrogens with one attached hydrogen (secondary N) is 1. The number of nitrogens with zero attached hydrogens (tertiary/aromatic N) is 1. The summed E-state index contributed by atoms with van der Waals surface area (Å²) >= 11 is 3.42. The molecule has 21 heavy (non-hydrogen) atoms. The summed E-state index contributed by atoms with van der Waals surface area (Å²) in [6.45, 7) is 3.17. The van der Waals surface area contributed by atoms with Gasteiger partial charge in [-0.05, 0) is 34.5 Å². The number of anilines is 1. The topological polar surface area (TPSA) is 50.8 Å². The fourth-order valence-corrected chi connectivity index (χ4v) is 2.26. The van der Waals surface area contributed by atoms with E-state index in [0.717, 1.165) is 29.7 Å². The van der Waals surface area contributed by atoms with Crippen molar-refractivity contribution >= 4 is 27.5 Å². The Morgan fingerprint density at radius 3 is 2.57 bits per heavy atom. The third kappa shape index (κ3) is 7.57. The van der Waals surface area contributed by atoms with Gasteiger partial charge in [0.25, 0.3) is 0 Å². The highest BCUT2D eigenvalue weighted by atomic mass is 79.9. The predicted molar refractivity (Wildman–Crippen MR) is 87.6 cm³/mol. The first-order valence-corrected chi connectivity index (χ1v) is 7.71. The van der Waals surface area contributed by atoms with Crippen molar-refractivity contribution in [3.63, 3.8) is 0 Å². The van der Waals surface area contributed by atoms with E-state index in [0.29, 0.717) is 19.8 Å². The number of benzene rings is 1. The average Bonchev–Trinajstić information content (AvgIpc) is 2.47. The highest BCUT2D eigenvalue weighted by Crippen LogP contribution is 2.20. The SMILES string of the molecule is COCCCN(CCOC)CC(=O)Nc1ccccc1Br. The summed E-state index contributed by atoms with van der Waals surface area (Å²) in [5.74, 6) is -0.0320. The number of rotatable bonds is 10. The molecule has 0 aromatic heterocycles. The minimum atomic E-state index is -0.0320. The minimum absolute atomic E-state index is 0.0320. The molecule has 1 N–H and O–H groups in total. The summed E-state index contributed by atoms with van der Waals surface area (Å²) in [4.78, 5) is 14.2. The van der Waals surface area contributed by atoms with Gasteiger partial charge in [-0.25, -0.2) is 0 Å². The Balaban J connectivity index is 2.48. The second-order valence-electron chi connectivity index (χ2n) is 4.64. The summed E-state index contributed by atoms with van der Waals surface area (Å²) < 4.78 is 11.0. The fourth-order valence-electron chi connectivity index (χ4n) is 1.88. The van der Waals surface area contributed by atoms with Crippen LogP contribution in [0.25, 0.3) is 0 Å². The molecule has 0 heterocycles. The van der Waals surface area contributed by atoms with Gasteiger partial charge >= 0.3 is 0 Å². The minimum Gasteiger partial charge on any atom is -0.385 e. The van der Waals surface area contributed by atoms with Gasteiger partial charge in [-0.15, -0.1) is 0 Å². The van der Waals surface area contributed by atoms with Crippen molar-refractivity contribution in [2.75, 3.05) is 52.4 Å². The molecular formula is C15H23BrN2O3. The number of carbonyl (C=O) groups is 1. The number of carbonyl (C=O) groups excluding carboxylic acids is 1. The first-order valence-electron chi connectivity index (χ1n) is 6.92. The van der Waals surface area contributed by atoms with Crippen LogP contribution >= 0.6 is 15.9 Å². The van der Waals surface area contributed by atoms with E-state index in [9.17, 15) is 4.79 Å². The van der Waals surface area contributed by atoms with E-state index in [1.807, 2.05) is 24.3 Å². The van der Waals surface area contributed by atoms with E-state index in [1.54, 1.807) is 14.2 Å². The van der Waals surface area contributed by atoms with Crippen molar-refractivity contribution in [3.8, 4) is 0 Å². The largest absolute Gasteiger partial charge is 0.385 e. The van der Waals surface area contributed by atoms with Crippen LogP contribution in [0.3, 0.4) is 0 Å². The molecule has 0 aliphatic rings. The number of hydrogen-bond acceptors (Lipinski definition) is 4. The molecule has 0 fully saturated rings. The lowest BCUT2D eigenvalue weighted by Crippen LogP contribution is -2.36. The Bertz CT molecular complexity index is 429. The lowest BCUT2D eigenvalue weighted by molar-refractivity contribution is -0.117. The molecule has 0 unspecified atom stereocenters. The van der Waals surface area contributed by atoms with E-state index in [1.165, 1.54) is 0 Å². The van der Waals surface area contributed by atoms with Gasteiger partial charge in [0.15, 0.2) is 0 Å². The van der Waals surface area contributed by atoms with Crippen molar-refractivity contribution in [3.05, 3.63) is 28.7 Å². The zero-order valence-corrected chi connectivity index (χ0v) is 14.2. The van der Waals surface area contributed by atoms with E-state index in [4.69, 9.17) is 9.47 Å². The Hall–Kier alpha value is -0.950. The number of amides is 1. The second-order valence-corrected chi connectivity index (χ2v) is 5.50. The van der Waals surface area contributed by atoms with Gasteiger partial charge < -0.3 is 14.8 Å². The van der Waals surface area contributed by atoms with Gasteiger partial charge in [0.2, 0.25) is 5.91 Å². The molecule has 5 nitrogen and oxygen atoms in total. The Labute approximate surface area is 134 Å². The molecule has 1 aromatic carbocycles. The zero-order valence-electron chi connectivity index (χ0n) is 12.6. The quantitative estimate of drug-likeness (QED) is 0.652. The first kappa shape index (κ1) is 18.1. The number of ether oxygens (including phenoxy) is 2. The van der Waals surface area contributed by atoms with Crippen LogP contribution in [-0.2, 0) is 14.3 Å². The standard InChI is InChI=1S/C15H23BrN2O3/c1-20-10-5-8-18(9-11-21-2)12-15(19)17-14-7-4-3-6-13(14)16/h3-4,6-7H,5,8-12H2,1-2H3,(H,17,19). The van der Waals surface area contributed by atoms with Gasteiger partial charge in [0, 0.05) is 38.4 Å². The van der Waals surface area contributed by atoms with Gasteiger partial charge in [0.05, 0.1) is 18.8 Å². The number of para-hydroxylation sites is 1. The number of hydrogen-bond donors (Lipinski definition) is 1. The molecule has 0 aliphatic heterocycles. The van der Waals surface area contributed by atoms with Crippen LogP contribution in [0.15, 0.2) is 28.7 Å². The summed E-state index contributed by atoms with van der Waals surface area (Å²) in [7, 11) is 3.34. The molecule has 0 bridgehead atoms. The van der Waals surface area contributed by atoms with Gasteiger partial charge in [-0.2, -0.15) is 0 Å². The fraction of sp³-hybridized carbons (Fsp3) is 0.533. The van der Waals surface area contributed by atoms with Crippen LogP contribution in [0.4, 0.5) is 5.69 Å². The number of methoxy groups -OCH3 is 2. The van der Waals surface area contributed by atoms with Crippen molar-refractivity contribution in [2.24, 2.45) is 0 Å². The van der Waals surface area contributed by atoms with Gasteiger partial charge in [0.1, 0.15) is 0 Å². The van der Waals surface area contributed by atoms with E-state index in [2.05, 4.69) is 26.1 Å². The molecule has 0 saturated heterocycles. The van der Waals surface area contributed by atoms with Crippen molar-refractivity contribution in [2.45, 2.75) is 6.42 Å². The molecule has 0 aliphatic carbocycles. The third-order valence-corrected chi connectivity index (χ3v) is 3.64.